The number of carbonyl (C=O) groups excluding carboxylic acids is 2. The van der Waals surface area contributed by atoms with Crippen LogP contribution in [0.1, 0.15) is 47.0 Å². The zero-order valence-electron chi connectivity index (χ0n) is 14.6. The van der Waals surface area contributed by atoms with Crippen LogP contribution in [0.3, 0.4) is 0 Å². The van der Waals surface area contributed by atoms with Gasteiger partial charge >= 0.3 is 5.97 Å². The molecule has 6 nitrogen and oxygen atoms in total. The standard InChI is InChI=1S/C16H29NO5/c1-7-12(21-6)13(18)17-10-8-9-16(17,11-20-5)14(19)22-15(2,3)4/h12H,7-11H2,1-6H3. The van der Waals surface area contributed by atoms with Gasteiger partial charge in [-0.3, -0.25) is 4.79 Å². The Balaban J connectivity index is 3.09. The second-order valence-electron chi connectivity index (χ2n) is 6.69. The van der Waals surface area contributed by atoms with E-state index in [0.717, 1.165) is 6.42 Å². The van der Waals surface area contributed by atoms with Gasteiger partial charge in [0.05, 0.1) is 6.61 Å². The Morgan fingerprint density at radius 2 is 1.91 bits per heavy atom. The second-order valence-corrected chi connectivity index (χ2v) is 6.69. The van der Waals surface area contributed by atoms with Crippen molar-refractivity contribution in [1.82, 2.24) is 4.90 Å². The normalized spacial score (nSPS) is 23.5. The van der Waals surface area contributed by atoms with E-state index in [9.17, 15) is 9.59 Å². The van der Waals surface area contributed by atoms with Crippen LogP contribution in [0.5, 0.6) is 0 Å². The maximum atomic E-state index is 12.8. The highest BCUT2D eigenvalue weighted by molar-refractivity contribution is 5.91. The Hall–Kier alpha value is -1.14. The molecule has 1 rings (SSSR count). The molecule has 0 aliphatic carbocycles. The number of likely N-dealkylation sites (tertiary alicyclic amines) is 1. The van der Waals surface area contributed by atoms with E-state index in [1.54, 1.807) is 4.90 Å². The van der Waals surface area contributed by atoms with Gasteiger partial charge in [0.2, 0.25) is 0 Å². The summed E-state index contributed by atoms with van der Waals surface area (Å²) >= 11 is 0. The molecule has 1 saturated heterocycles. The zero-order chi connectivity index (χ0) is 17.0. The number of nitrogens with zero attached hydrogens (tertiary/aromatic N) is 1. The third kappa shape index (κ3) is 3.98. The quantitative estimate of drug-likeness (QED) is 0.699. The lowest BCUT2D eigenvalue weighted by molar-refractivity contribution is -0.177. The molecule has 2 unspecified atom stereocenters. The molecule has 0 aromatic rings. The van der Waals surface area contributed by atoms with Gasteiger partial charge in [-0.05, 0) is 40.0 Å². The number of ether oxygens (including phenoxy) is 3. The lowest BCUT2D eigenvalue weighted by Gasteiger charge is -2.38. The molecule has 1 amide bonds. The Morgan fingerprint density at radius 1 is 1.27 bits per heavy atom. The van der Waals surface area contributed by atoms with E-state index in [1.165, 1.54) is 14.2 Å². The van der Waals surface area contributed by atoms with Gasteiger partial charge in [0.1, 0.15) is 11.7 Å². The summed E-state index contributed by atoms with van der Waals surface area (Å²) in [5, 5.41) is 0. The molecule has 1 aliphatic rings. The van der Waals surface area contributed by atoms with Crippen molar-refractivity contribution >= 4 is 11.9 Å². The minimum atomic E-state index is -1.05. The highest BCUT2D eigenvalue weighted by Gasteiger charge is 2.53. The first-order valence-corrected chi connectivity index (χ1v) is 7.78. The summed E-state index contributed by atoms with van der Waals surface area (Å²) in [6, 6.07) is 0. The predicted octanol–water partition coefficient (Wildman–Crippen LogP) is 1.76. The van der Waals surface area contributed by atoms with Crippen LogP contribution < -0.4 is 0 Å². The molecule has 1 aliphatic heterocycles. The van der Waals surface area contributed by atoms with Crippen molar-refractivity contribution in [2.24, 2.45) is 0 Å². The highest BCUT2D eigenvalue weighted by Crippen LogP contribution is 2.33. The monoisotopic (exact) mass is 315 g/mol. The zero-order valence-corrected chi connectivity index (χ0v) is 14.6. The van der Waals surface area contributed by atoms with Crippen molar-refractivity contribution in [3.8, 4) is 0 Å². The van der Waals surface area contributed by atoms with Crippen LogP contribution in [0.15, 0.2) is 0 Å². The smallest absolute Gasteiger partial charge is 0.335 e. The van der Waals surface area contributed by atoms with Crippen LogP contribution in [-0.2, 0) is 23.8 Å². The fourth-order valence-electron chi connectivity index (χ4n) is 2.85. The van der Waals surface area contributed by atoms with Crippen molar-refractivity contribution in [3.05, 3.63) is 0 Å². The Bertz CT molecular complexity index is 400. The summed E-state index contributed by atoms with van der Waals surface area (Å²) in [4.78, 5) is 27.0. The molecule has 0 radical (unpaired) electrons. The molecular weight excluding hydrogens is 286 g/mol. The summed E-state index contributed by atoms with van der Waals surface area (Å²) < 4.78 is 16.0. The molecule has 22 heavy (non-hydrogen) atoms. The van der Waals surface area contributed by atoms with Gasteiger partial charge in [-0.1, -0.05) is 6.92 Å². The van der Waals surface area contributed by atoms with Gasteiger partial charge in [-0.25, -0.2) is 4.79 Å². The predicted molar refractivity (Wildman–Crippen MR) is 82.5 cm³/mol. The van der Waals surface area contributed by atoms with Crippen molar-refractivity contribution in [3.63, 3.8) is 0 Å². The van der Waals surface area contributed by atoms with Crippen LogP contribution >= 0.6 is 0 Å². The van der Waals surface area contributed by atoms with Crippen molar-refractivity contribution < 1.29 is 23.8 Å². The largest absolute Gasteiger partial charge is 0.458 e. The minimum Gasteiger partial charge on any atom is -0.458 e. The number of methoxy groups -OCH3 is 2. The van der Waals surface area contributed by atoms with Crippen LogP contribution in [-0.4, -0.2) is 61.4 Å². The topological polar surface area (TPSA) is 65.1 Å². The van der Waals surface area contributed by atoms with Crippen molar-refractivity contribution in [1.29, 1.82) is 0 Å². The Kier molecular flexibility index (Phi) is 6.38. The lowest BCUT2D eigenvalue weighted by atomic mass is 9.96. The van der Waals surface area contributed by atoms with Gasteiger partial charge in [0.25, 0.3) is 5.91 Å². The van der Waals surface area contributed by atoms with E-state index in [2.05, 4.69) is 0 Å². The summed E-state index contributed by atoms with van der Waals surface area (Å²) in [5.74, 6) is -0.580. The Morgan fingerprint density at radius 3 is 2.36 bits per heavy atom. The molecule has 0 bridgehead atoms. The van der Waals surface area contributed by atoms with E-state index in [-0.39, 0.29) is 12.5 Å². The molecule has 1 heterocycles. The first-order valence-electron chi connectivity index (χ1n) is 7.78. The molecule has 128 valence electrons. The SMILES string of the molecule is CCC(OC)C(=O)N1CCCC1(COC)C(=O)OC(C)(C)C. The number of esters is 1. The van der Waals surface area contributed by atoms with E-state index in [4.69, 9.17) is 14.2 Å². The summed E-state index contributed by atoms with van der Waals surface area (Å²) in [6.07, 6.45) is 1.30. The second kappa shape index (κ2) is 7.42. The van der Waals surface area contributed by atoms with Gasteiger partial charge in [-0.15, -0.1) is 0 Å². The summed E-state index contributed by atoms with van der Waals surface area (Å²) in [5.41, 5.74) is -1.66. The minimum absolute atomic E-state index is 0.133. The van der Waals surface area contributed by atoms with E-state index < -0.39 is 23.2 Å². The number of hydrogen-bond acceptors (Lipinski definition) is 5. The van der Waals surface area contributed by atoms with E-state index >= 15 is 0 Å². The average molecular weight is 315 g/mol. The van der Waals surface area contributed by atoms with Gasteiger partial charge in [0, 0.05) is 20.8 Å². The third-order valence-corrected chi connectivity index (χ3v) is 3.85. The van der Waals surface area contributed by atoms with Crippen LogP contribution in [0.4, 0.5) is 0 Å². The molecule has 0 aromatic carbocycles. The fourth-order valence-corrected chi connectivity index (χ4v) is 2.85. The number of carbonyl (C=O) groups is 2. The van der Waals surface area contributed by atoms with E-state index in [1.807, 2.05) is 27.7 Å². The fraction of sp³-hybridized carbons (Fsp3) is 0.875. The van der Waals surface area contributed by atoms with Gasteiger partial charge < -0.3 is 19.1 Å². The lowest BCUT2D eigenvalue weighted by Crippen LogP contribution is -2.59. The Labute approximate surface area is 133 Å². The van der Waals surface area contributed by atoms with Crippen LogP contribution in [0.25, 0.3) is 0 Å². The highest BCUT2D eigenvalue weighted by atomic mass is 16.6. The molecule has 0 saturated carbocycles. The average Bonchev–Trinajstić information content (AvgIpc) is 2.83. The molecule has 6 heteroatoms. The van der Waals surface area contributed by atoms with E-state index in [0.29, 0.717) is 19.4 Å². The van der Waals surface area contributed by atoms with Crippen molar-refractivity contribution in [2.45, 2.75) is 64.2 Å². The maximum Gasteiger partial charge on any atom is 0.335 e. The summed E-state index contributed by atoms with van der Waals surface area (Å²) in [6.45, 7) is 7.98. The first kappa shape index (κ1) is 18.9. The first-order chi connectivity index (χ1) is 10.2. The van der Waals surface area contributed by atoms with Gasteiger partial charge in [-0.2, -0.15) is 0 Å². The third-order valence-electron chi connectivity index (χ3n) is 3.85. The molecule has 0 spiro atoms. The van der Waals surface area contributed by atoms with Crippen LogP contribution in [0, 0.1) is 0 Å². The molecule has 0 N–H and O–H groups in total. The number of amides is 1. The van der Waals surface area contributed by atoms with Crippen LogP contribution in [0.2, 0.25) is 0 Å². The molecular formula is C16H29NO5. The van der Waals surface area contributed by atoms with Crippen molar-refractivity contribution in [2.75, 3.05) is 27.4 Å². The molecule has 0 aromatic heterocycles. The number of rotatable bonds is 6. The summed E-state index contributed by atoms with van der Waals surface area (Å²) in [7, 11) is 3.04. The molecule has 2 atom stereocenters. The van der Waals surface area contributed by atoms with Gasteiger partial charge in [0.15, 0.2) is 5.54 Å². The number of hydrogen-bond donors (Lipinski definition) is 0. The maximum absolute atomic E-state index is 12.8. The molecule has 1 fully saturated rings.